The summed E-state index contributed by atoms with van der Waals surface area (Å²) in [5, 5.41) is 22.2. The van der Waals surface area contributed by atoms with Gasteiger partial charge in [0.1, 0.15) is 0 Å². The monoisotopic (exact) mass is 265 g/mol. The SMILES string of the molecule is COc1cc(CNCC2CCCC2CO)ccc1O. The normalized spacial score (nSPS) is 22.6. The van der Waals surface area contributed by atoms with Crippen LogP contribution in [-0.4, -0.2) is 30.5 Å². The Hall–Kier alpha value is -1.26. The summed E-state index contributed by atoms with van der Waals surface area (Å²) in [7, 11) is 1.55. The summed E-state index contributed by atoms with van der Waals surface area (Å²) in [4.78, 5) is 0. The van der Waals surface area contributed by atoms with Crippen molar-refractivity contribution in [3.05, 3.63) is 23.8 Å². The molecule has 4 nitrogen and oxygen atoms in total. The molecule has 0 heterocycles. The summed E-state index contributed by atoms with van der Waals surface area (Å²) in [6.45, 7) is 2.00. The second-order valence-corrected chi connectivity index (χ2v) is 5.27. The molecule has 2 unspecified atom stereocenters. The van der Waals surface area contributed by atoms with Gasteiger partial charge >= 0.3 is 0 Å². The van der Waals surface area contributed by atoms with Gasteiger partial charge in [-0.2, -0.15) is 0 Å². The third-order valence-corrected chi connectivity index (χ3v) is 4.03. The fourth-order valence-electron chi connectivity index (χ4n) is 2.86. The van der Waals surface area contributed by atoms with Gasteiger partial charge in [-0.15, -0.1) is 0 Å². The lowest BCUT2D eigenvalue weighted by molar-refractivity contribution is 0.192. The number of hydrogen-bond donors (Lipinski definition) is 3. The fourth-order valence-corrected chi connectivity index (χ4v) is 2.86. The van der Waals surface area contributed by atoms with Crippen molar-refractivity contribution in [1.29, 1.82) is 0 Å². The van der Waals surface area contributed by atoms with E-state index in [0.29, 0.717) is 24.2 Å². The number of phenols is 1. The average molecular weight is 265 g/mol. The van der Waals surface area contributed by atoms with Crippen LogP contribution in [-0.2, 0) is 6.54 Å². The molecule has 2 atom stereocenters. The number of rotatable bonds is 6. The molecule has 4 heteroatoms. The van der Waals surface area contributed by atoms with Crippen LogP contribution in [0, 0.1) is 11.8 Å². The van der Waals surface area contributed by atoms with Crippen LogP contribution < -0.4 is 10.1 Å². The minimum absolute atomic E-state index is 0.169. The Balaban J connectivity index is 1.82. The Morgan fingerprint density at radius 1 is 1.32 bits per heavy atom. The first-order chi connectivity index (χ1) is 9.24. The predicted octanol–water partition coefficient (Wildman–Crippen LogP) is 1.90. The number of aromatic hydroxyl groups is 1. The van der Waals surface area contributed by atoms with Crippen molar-refractivity contribution in [3.63, 3.8) is 0 Å². The second kappa shape index (κ2) is 6.78. The van der Waals surface area contributed by atoms with Crippen molar-refractivity contribution < 1.29 is 14.9 Å². The topological polar surface area (TPSA) is 61.7 Å². The molecule has 0 aliphatic heterocycles. The van der Waals surface area contributed by atoms with Crippen molar-refractivity contribution in [2.45, 2.75) is 25.8 Å². The molecule has 0 spiro atoms. The fraction of sp³-hybridized carbons (Fsp3) is 0.600. The molecule has 1 fully saturated rings. The Bertz CT molecular complexity index is 408. The van der Waals surface area contributed by atoms with Gasteiger partial charge < -0.3 is 20.3 Å². The molecule has 1 aromatic carbocycles. The maximum absolute atomic E-state index is 9.53. The van der Waals surface area contributed by atoms with Gasteiger partial charge in [0, 0.05) is 13.2 Å². The average Bonchev–Trinajstić information content (AvgIpc) is 2.88. The maximum Gasteiger partial charge on any atom is 0.160 e. The van der Waals surface area contributed by atoms with Crippen LogP contribution in [0.25, 0.3) is 0 Å². The molecule has 0 amide bonds. The predicted molar refractivity (Wildman–Crippen MR) is 74.3 cm³/mol. The zero-order chi connectivity index (χ0) is 13.7. The highest BCUT2D eigenvalue weighted by Gasteiger charge is 2.25. The number of aliphatic hydroxyl groups excluding tert-OH is 1. The number of benzene rings is 1. The van der Waals surface area contributed by atoms with Crippen LogP contribution in [0.15, 0.2) is 18.2 Å². The van der Waals surface area contributed by atoms with E-state index in [1.165, 1.54) is 12.8 Å². The zero-order valence-electron chi connectivity index (χ0n) is 11.4. The van der Waals surface area contributed by atoms with E-state index < -0.39 is 0 Å². The highest BCUT2D eigenvalue weighted by Crippen LogP contribution is 2.31. The van der Waals surface area contributed by atoms with E-state index in [0.717, 1.165) is 25.1 Å². The number of methoxy groups -OCH3 is 1. The third-order valence-electron chi connectivity index (χ3n) is 4.03. The van der Waals surface area contributed by atoms with Crippen molar-refractivity contribution in [2.24, 2.45) is 11.8 Å². The lowest BCUT2D eigenvalue weighted by Crippen LogP contribution is -2.26. The van der Waals surface area contributed by atoms with E-state index in [1.807, 2.05) is 12.1 Å². The van der Waals surface area contributed by atoms with Gasteiger partial charge in [0.2, 0.25) is 0 Å². The van der Waals surface area contributed by atoms with Crippen LogP contribution in [0.2, 0.25) is 0 Å². The molecule has 1 saturated carbocycles. The van der Waals surface area contributed by atoms with E-state index in [4.69, 9.17) is 4.74 Å². The zero-order valence-corrected chi connectivity index (χ0v) is 11.4. The molecular formula is C15H23NO3. The smallest absolute Gasteiger partial charge is 0.160 e. The molecule has 1 aromatic rings. The van der Waals surface area contributed by atoms with Gasteiger partial charge in [-0.25, -0.2) is 0 Å². The van der Waals surface area contributed by atoms with E-state index in [2.05, 4.69) is 5.32 Å². The Kier molecular flexibility index (Phi) is 5.05. The Morgan fingerprint density at radius 3 is 2.84 bits per heavy atom. The first kappa shape index (κ1) is 14.2. The molecule has 1 aliphatic rings. The van der Waals surface area contributed by atoms with Crippen molar-refractivity contribution in [2.75, 3.05) is 20.3 Å². The van der Waals surface area contributed by atoms with Crippen LogP contribution in [0.1, 0.15) is 24.8 Å². The number of nitrogens with one attached hydrogen (secondary N) is 1. The minimum Gasteiger partial charge on any atom is -0.504 e. The number of hydrogen-bond acceptors (Lipinski definition) is 4. The highest BCUT2D eigenvalue weighted by atomic mass is 16.5. The summed E-state index contributed by atoms with van der Waals surface area (Å²) < 4.78 is 5.09. The summed E-state index contributed by atoms with van der Waals surface area (Å²) >= 11 is 0. The van der Waals surface area contributed by atoms with Gasteiger partial charge in [-0.3, -0.25) is 0 Å². The first-order valence-corrected chi connectivity index (χ1v) is 6.92. The summed E-state index contributed by atoms with van der Waals surface area (Å²) in [5.41, 5.74) is 1.09. The molecule has 0 saturated heterocycles. The van der Waals surface area contributed by atoms with E-state index in [-0.39, 0.29) is 5.75 Å². The molecule has 2 rings (SSSR count). The standard InChI is InChI=1S/C15H23NO3/c1-19-15-7-11(5-6-14(15)18)8-16-9-12-3-2-4-13(12)10-17/h5-7,12-13,16-18H,2-4,8-10H2,1H3. The first-order valence-electron chi connectivity index (χ1n) is 6.92. The molecule has 0 radical (unpaired) electrons. The van der Waals surface area contributed by atoms with Gasteiger partial charge in [0.05, 0.1) is 7.11 Å². The third kappa shape index (κ3) is 3.61. The highest BCUT2D eigenvalue weighted by molar-refractivity contribution is 5.41. The number of aliphatic hydroxyl groups is 1. The Morgan fingerprint density at radius 2 is 2.11 bits per heavy atom. The van der Waals surface area contributed by atoms with Gasteiger partial charge in [-0.1, -0.05) is 12.5 Å². The van der Waals surface area contributed by atoms with Crippen LogP contribution >= 0.6 is 0 Å². The molecule has 0 bridgehead atoms. The lowest BCUT2D eigenvalue weighted by Gasteiger charge is -2.18. The summed E-state index contributed by atoms with van der Waals surface area (Å²) in [6.07, 6.45) is 3.58. The van der Waals surface area contributed by atoms with Crippen molar-refractivity contribution in [1.82, 2.24) is 5.32 Å². The maximum atomic E-state index is 9.53. The molecule has 0 aromatic heterocycles. The lowest BCUT2D eigenvalue weighted by atomic mass is 9.97. The van der Waals surface area contributed by atoms with E-state index in [1.54, 1.807) is 13.2 Å². The summed E-state index contributed by atoms with van der Waals surface area (Å²) in [6, 6.07) is 5.39. The van der Waals surface area contributed by atoms with Crippen LogP contribution in [0.3, 0.4) is 0 Å². The second-order valence-electron chi connectivity index (χ2n) is 5.27. The van der Waals surface area contributed by atoms with Crippen LogP contribution in [0.4, 0.5) is 0 Å². The molecular weight excluding hydrogens is 242 g/mol. The minimum atomic E-state index is 0.169. The molecule has 1 aliphatic carbocycles. The molecule has 106 valence electrons. The largest absolute Gasteiger partial charge is 0.504 e. The van der Waals surface area contributed by atoms with E-state index >= 15 is 0 Å². The van der Waals surface area contributed by atoms with E-state index in [9.17, 15) is 10.2 Å². The van der Waals surface area contributed by atoms with Gasteiger partial charge in [0.15, 0.2) is 11.5 Å². The Labute approximate surface area is 114 Å². The van der Waals surface area contributed by atoms with Crippen molar-refractivity contribution in [3.8, 4) is 11.5 Å². The summed E-state index contributed by atoms with van der Waals surface area (Å²) in [5.74, 6) is 1.72. The van der Waals surface area contributed by atoms with Gasteiger partial charge in [-0.05, 0) is 48.9 Å². The van der Waals surface area contributed by atoms with Gasteiger partial charge in [0.25, 0.3) is 0 Å². The molecule has 19 heavy (non-hydrogen) atoms. The van der Waals surface area contributed by atoms with Crippen LogP contribution in [0.5, 0.6) is 11.5 Å². The quantitative estimate of drug-likeness (QED) is 0.735. The molecule has 3 N–H and O–H groups in total. The number of phenolic OH excluding ortho intramolecular Hbond substituents is 1. The number of ether oxygens (including phenoxy) is 1. The van der Waals surface area contributed by atoms with Crippen molar-refractivity contribution >= 4 is 0 Å².